The molecule has 1 heterocycles. The molecule has 2 unspecified atom stereocenters. The minimum Gasteiger partial charge on any atom is -0.389 e. The number of hydrogen-bond acceptors (Lipinski definition) is 4. The molecule has 0 amide bonds. The van der Waals surface area contributed by atoms with E-state index in [1.54, 1.807) is 0 Å². The fraction of sp³-hybridized carbons (Fsp3) is 1.00. The van der Waals surface area contributed by atoms with Crippen molar-refractivity contribution in [2.75, 3.05) is 32.8 Å². The molecule has 2 atom stereocenters. The molecule has 1 rings (SSSR count). The average Bonchev–Trinajstić information content (AvgIpc) is 2.62. The molecule has 4 nitrogen and oxygen atoms in total. The summed E-state index contributed by atoms with van der Waals surface area (Å²) in [5.41, 5.74) is 5.61. The Hall–Kier alpha value is -0.160. The van der Waals surface area contributed by atoms with Crippen LogP contribution in [-0.2, 0) is 4.74 Å². The van der Waals surface area contributed by atoms with Crippen molar-refractivity contribution in [2.45, 2.75) is 32.5 Å². The molecule has 0 aromatic heterocycles. The Labute approximate surface area is 92.4 Å². The van der Waals surface area contributed by atoms with Gasteiger partial charge in [0.05, 0.1) is 18.8 Å². The molecule has 0 aromatic rings. The summed E-state index contributed by atoms with van der Waals surface area (Å²) in [7, 11) is 0. The zero-order valence-corrected chi connectivity index (χ0v) is 9.85. The monoisotopic (exact) mass is 216 g/mol. The second-order valence-electron chi connectivity index (χ2n) is 4.69. The van der Waals surface area contributed by atoms with E-state index in [9.17, 15) is 5.11 Å². The molecule has 0 radical (unpaired) electrons. The van der Waals surface area contributed by atoms with Gasteiger partial charge in [0, 0.05) is 13.1 Å². The highest BCUT2D eigenvalue weighted by Gasteiger charge is 2.22. The highest BCUT2D eigenvalue weighted by atomic mass is 16.5. The Kier molecular flexibility index (Phi) is 5.53. The van der Waals surface area contributed by atoms with Crippen molar-refractivity contribution in [2.24, 2.45) is 11.7 Å². The molecule has 0 aromatic carbocycles. The van der Waals surface area contributed by atoms with Gasteiger partial charge in [0.15, 0.2) is 0 Å². The number of aliphatic hydroxyl groups is 1. The van der Waals surface area contributed by atoms with Crippen LogP contribution in [0.15, 0.2) is 0 Å². The minimum atomic E-state index is -0.371. The first-order chi connectivity index (χ1) is 7.11. The Morgan fingerprint density at radius 3 is 2.80 bits per heavy atom. The standard InChI is InChI=1S/C11H24N2O2/c1-9(2)15-8-11(14)7-13-4-3-10(5-12)6-13/h9-11,14H,3-8,12H2,1-2H3. The summed E-state index contributed by atoms with van der Waals surface area (Å²) in [6.07, 6.45) is 0.979. The van der Waals surface area contributed by atoms with Gasteiger partial charge in [-0.3, -0.25) is 0 Å². The molecular formula is C11H24N2O2. The summed E-state index contributed by atoms with van der Waals surface area (Å²) in [4.78, 5) is 2.27. The maximum atomic E-state index is 9.72. The van der Waals surface area contributed by atoms with E-state index in [0.29, 0.717) is 19.1 Å². The maximum absolute atomic E-state index is 9.72. The average molecular weight is 216 g/mol. The molecule has 1 aliphatic rings. The van der Waals surface area contributed by atoms with Crippen molar-refractivity contribution < 1.29 is 9.84 Å². The first-order valence-electron chi connectivity index (χ1n) is 5.84. The Balaban J connectivity index is 2.13. The highest BCUT2D eigenvalue weighted by Crippen LogP contribution is 2.14. The minimum absolute atomic E-state index is 0.190. The zero-order chi connectivity index (χ0) is 11.3. The molecule has 0 spiro atoms. The van der Waals surface area contributed by atoms with E-state index in [2.05, 4.69) is 4.90 Å². The fourth-order valence-electron chi connectivity index (χ4n) is 1.93. The molecule has 1 aliphatic heterocycles. The third-order valence-electron chi connectivity index (χ3n) is 2.79. The predicted molar refractivity (Wildman–Crippen MR) is 60.7 cm³/mol. The molecule has 0 saturated carbocycles. The van der Waals surface area contributed by atoms with Gasteiger partial charge < -0.3 is 20.5 Å². The molecule has 0 bridgehead atoms. The van der Waals surface area contributed by atoms with Gasteiger partial charge in [0.1, 0.15) is 0 Å². The summed E-state index contributed by atoms with van der Waals surface area (Å²) in [5.74, 6) is 0.614. The Bertz CT molecular complexity index is 176. The van der Waals surface area contributed by atoms with Gasteiger partial charge in [0.25, 0.3) is 0 Å². The normalized spacial score (nSPS) is 25.0. The molecule has 4 heteroatoms. The van der Waals surface area contributed by atoms with Gasteiger partial charge in [-0.1, -0.05) is 0 Å². The van der Waals surface area contributed by atoms with Gasteiger partial charge in [-0.15, -0.1) is 0 Å². The summed E-state index contributed by atoms with van der Waals surface area (Å²) in [5, 5.41) is 9.72. The lowest BCUT2D eigenvalue weighted by Crippen LogP contribution is -2.34. The lowest BCUT2D eigenvalue weighted by Gasteiger charge is -2.20. The number of nitrogens with two attached hydrogens (primary N) is 1. The van der Waals surface area contributed by atoms with Crippen molar-refractivity contribution >= 4 is 0 Å². The Morgan fingerprint density at radius 1 is 1.53 bits per heavy atom. The van der Waals surface area contributed by atoms with Crippen molar-refractivity contribution in [3.63, 3.8) is 0 Å². The number of nitrogens with zero attached hydrogens (tertiary/aromatic N) is 1. The van der Waals surface area contributed by atoms with E-state index in [1.165, 1.54) is 0 Å². The first-order valence-corrected chi connectivity index (χ1v) is 5.84. The largest absolute Gasteiger partial charge is 0.389 e. The van der Waals surface area contributed by atoms with Gasteiger partial charge in [-0.2, -0.15) is 0 Å². The quantitative estimate of drug-likeness (QED) is 0.659. The van der Waals surface area contributed by atoms with Crippen molar-refractivity contribution in [3.05, 3.63) is 0 Å². The molecule has 3 N–H and O–H groups in total. The molecular weight excluding hydrogens is 192 g/mol. The number of aliphatic hydroxyl groups excluding tert-OH is 1. The number of likely N-dealkylation sites (tertiary alicyclic amines) is 1. The van der Waals surface area contributed by atoms with Crippen LogP contribution in [0.4, 0.5) is 0 Å². The maximum Gasteiger partial charge on any atom is 0.0900 e. The van der Waals surface area contributed by atoms with Crippen molar-refractivity contribution in [1.29, 1.82) is 0 Å². The van der Waals surface area contributed by atoms with E-state index in [-0.39, 0.29) is 12.2 Å². The predicted octanol–water partition coefficient (Wildman–Crippen LogP) is 0.0529. The van der Waals surface area contributed by atoms with E-state index < -0.39 is 0 Å². The third-order valence-corrected chi connectivity index (χ3v) is 2.79. The molecule has 1 fully saturated rings. The van der Waals surface area contributed by atoms with Crippen LogP contribution < -0.4 is 5.73 Å². The summed E-state index contributed by atoms with van der Waals surface area (Å²) in [6, 6.07) is 0. The van der Waals surface area contributed by atoms with Crippen LogP contribution in [0.3, 0.4) is 0 Å². The fourth-order valence-corrected chi connectivity index (χ4v) is 1.93. The Morgan fingerprint density at radius 2 is 2.27 bits per heavy atom. The van der Waals surface area contributed by atoms with E-state index >= 15 is 0 Å². The molecule has 90 valence electrons. The van der Waals surface area contributed by atoms with Gasteiger partial charge in [-0.05, 0) is 39.3 Å². The number of β-amino-alcohol motifs (C(OH)–C–C–N with tert-alkyl or cyclic N) is 1. The van der Waals surface area contributed by atoms with Crippen molar-refractivity contribution in [1.82, 2.24) is 4.90 Å². The molecule has 1 saturated heterocycles. The van der Waals surface area contributed by atoms with Crippen LogP contribution in [0.5, 0.6) is 0 Å². The van der Waals surface area contributed by atoms with Crippen LogP contribution in [-0.4, -0.2) is 55.0 Å². The summed E-state index contributed by atoms with van der Waals surface area (Å²) in [6.45, 7) is 7.94. The first kappa shape index (κ1) is 12.9. The van der Waals surface area contributed by atoms with Crippen LogP contribution in [0.25, 0.3) is 0 Å². The summed E-state index contributed by atoms with van der Waals surface area (Å²) >= 11 is 0. The third kappa shape index (κ3) is 4.93. The number of ether oxygens (including phenoxy) is 1. The highest BCUT2D eigenvalue weighted by molar-refractivity contribution is 4.77. The van der Waals surface area contributed by atoms with Gasteiger partial charge >= 0.3 is 0 Å². The lowest BCUT2D eigenvalue weighted by molar-refractivity contribution is -0.00614. The van der Waals surface area contributed by atoms with Crippen LogP contribution in [0.1, 0.15) is 20.3 Å². The van der Waals surface area contributed by atoms with Gasteiger partial charge in [0.2, 0.25) is 0 Å². The number of hydrogen-bond donors (Lipinski definition) is 2. The van der Waals surface area contributed by atoms with E-state index in [0.717, 1.165) is 26.1 Å². The smallest absolute Gasteiger partial charge is 0.0900 e. The lowest BCUT2D eigenvalue weighted by atomic mass is 10.1. The second-order valence-corrected chi connectivity index (χ2v) is 4.69. The van der Waals surface area contributed by atoms with E-state index in [1.807, 2.05) is 13.8 Å². The zero-order valence-electron chi connectivity index (χ0n) is 9.85. The molecule has 15 heavy (non-hydrogen) atoms. The van der Waals surface area contributed by atoms with Gasteiger partial charge in [-0.25, -0.2) is 0 Å². The van der Waals surface area contributed by atoms with Crippen LogP contribution in [0.2, 0.25) is 0 Å². The topological polar surface area (TPSA) is 58.7 Å². The van der Waals surface area contributed by atoms with E-state index in [4.69, 9.17) is 10.5 Å². The van der Waals surface area contributed by atoms with Crippen LogP contribution in [0, 0.1) is 5.92 Å². The second kappa shape index (κ2) is 6.43. The SMILES string of the molecule is CC(C)OCC(O)CN1CCC(CN)C1. The van der Waals surface area contributed by atoms with Crippen LogP contribution >= 0.6 is 0 Å². The molecule has 0 aliphatic carbocycles. The number of rotatable bonds is 6. The van der Waals surface area contributed by atoms with Crippen molar-refractivity contribution in [3.8, 4) is 0 Å². The summed E-state index contributed by atoms with van der Waals surface area (Å²) < 4.78 is 5.37.